The Hall–Kier alpha value is -1.30. The Bertz CT molecular complexity index is 229. The number of carbonyl (C=O) groups is 2. The summed E-state index contributed by atoms with van der Waals surface area (Å²) in [4.78, 5) is 22.0. The van der Waals surface area contributed by atoms with Gasteiger partial charge in [-0.25, -0.2) is 14.6 Å². The highest BCUT2D eigenvalue weighted by atomic mass is 16.4. The lowest BCUT2D eigenvalue weighted by Gasteiger charge is -2.18. The molecule has 0 bridgehead atoms. The average Bonchev–Trinajstić information content (AvgIpc) is 1.99. The van der Waals surface area contributed by atoms with E-state index in [1.807, 2.05) is 13.8 Å². The summed E-state index contributed by atoms with van der Waals surface area (Å²) >= 11 is 0. The van der Waals surface area contributed by atoms with Gasteiger partial charge in [-0.15, -0.1) is 0 Å². The van der Waals surface area contributed by atoms with Crippen molar-refractivity contribution in [2.45, 2.75) is 26.3 Å². The van der Waals surface area contributed by atoms with Crippen LogP contribution in [-0.2, 0) is 4.79 Å². The van der Waals surface area contributed by atoms with E-state index in [0.29, 0.717) is 6.42 Å². The van der Waals surface area contributed by atoms with Crippen LogP contribution in [-0.4, -0.2) is 42.3 Å². The molecule has 3 N–H and O–H groups in total. The number of rotatable bonds is 5. The summed E-state index contributed by atoms with van der Waals surface area (Å²) in [6.45, 7) is 3.81. The van der Waals surface area contributed by atoms with Gasteiger partial charge in [0.2, 0.25) is 0 Å². The number of nitrogens with one attached hydrogen (secondary N) is 2. The Kier molecular flexibility index (Phi) is 5.69. The lowest BCUT2D eigenvalue weighted by Crippen LogP contribution is -2.50. The number of hydrogen-bond donors (Lipinski definition) is 3. The highest BCUT2D eigenvalue weighted by molar-refractivity contribution is 5.82. The van der Waals surface area contributed by atoms with Crippen LogP contribution in [0.5, 0.6) is 0 Å². The number of aliphatic carboxylic acids is 1. The van der Waals surface area contributed by atoms with Crippen LogP contribution < -0.4 is 10.7 Å². The molecule has 0 radical (unpaired) electrons. The van der Waals surface area contributed by atoms with Crippen molar-refractivity contribution in [1.29, 1.82) is 0 Å². The molecular weight excluding hydrogens is 198 g/mol. The number of urea groups is 1. The standard InChI is InChI=1S/C9H19N3O3/c1-6(2)5-7(8(13)14)10-9(15)11-12(3)4/h6-7H,5H2,1-4H3,(H,13,14)(H2,10,11,15). The summed E-state index contributed by atoms with van der Waals surface area (Å²) < 4.78 is 0. The highest BCUT2D eigenvalue weighted by Gasteiger charge is 2.20. The van der Waals surface area contributed by atoms with E-state index in [4.69, 9.17) is 5.11 Å². The van der Waals surface area contributed by atoms with Gasteiger partial charge in [0.25, 0.3) is 0 Å². The van der Waals surface area contributed by atoms with Crippen molar-refractivity contribution in [1.82, 2.24) is 15.8 Å². The van der Waals surface area contributed by atoms with Gasteiger partial charge in [-0.1, -0.05) is 13.8 Å². The zero-order chi connectivity index (χ0) is 12.0. The third-order valence-electron chi connectivity index (χ3n) is 1.64. The van der Waals surface area contributed by atoms with Crippen LogP contribution in [0.3, 0.4) is 0 Å². The summed E-state index contributed by atoms with van der Waals surface area (Å²) in [6, 6.07) is -1.35. The normalized spacial score (nSPS) is 12.7. The first-order valence-corrected chi connectivity index (χ1v) is 4.80. The fourth-order valence-corrected chi connectivity index (χ4v) is 1.09. The van der Waals surface area contributed by atoms with E-state index in [2.05, 4.69) is 10.7 Å². The minimum Gasteiger partial charge on any atom is -0.480 e. The second-order valence-corrected chi connectivity index (χ2v) is 4.00. The molecule has 1 unspecified atom stereocenters. The summed E-state index contributed by atoms with van der Waals surface area (Å²) in [5.41, 5.74) is 2.42. The molecule has 0 aromatic rings. The molecule has 0 fully saturated rings. The fraction of sp³-hybridized carbons (Fsp3) is 0.778. The summed E-state index contributed by atoms with van der Waals surface area (Å²) in [5.74, 6) is -0.802. The lowest BCUT2D eigenvalue weighted by atomic mass is 10.0. The molecule has 0 aliphatic heterocycles. The molecule has 0 saturated carbocycles. The molecule has 0 heterocycles. The quantitative estimate of drug-likeness (QED) is 0.577. The smallest absolute Gasteiger partial charge is 0.330 e. The van der Waals surface area contributed by atoms with Gasteiger partial charge in [0.15, 0.2) is 0 Å². The Balaban J connectivity index is 4.16. The van der Waals surface area contributed by atoms with E-state index in [0.717, 1.165) is 0 Å². The van der Waals surface area contributed by atoms with Crippen molar-refractivity contribution in [3.05, 3.63) is 0 Å². The third kappa shape index (κ3) is 6.73. The summed E-state index contributed by atoms with van der Waals surface area (Å²) in [6.07, 6.45) is 0.413. The summed E-state index contributed by atoms with van der Waals surface area (Å²) in [5, 5.41) is 12.7. The van der Waals surface area contributed by atoms with Crippen LogP contribution in [0.4, 0.5) is 4.79 Å². The van der Waals surface area contributed by atoms with Crippen molar-refractivity contribution < 1.29 is 14.7 Å². The number of hydrazine groups is 1. The second kappa shape index (κ2) is 6.23. The molecule has 6 nitrogen and oxygen atoms in total. The van der Waals surface area contributed by atoms with Crippen LogP contribution >= 0.6 is 0 Å². The van der Waals surface area contributed by atoms with Gasteiger partial charge in [0, 0.05) is 14.1 Å². The largest absolute Gasteiger partial charge is 0.480 e. The molecular formula is C9H19N3O3. The van der Waals surface area contributed by atoms with Gasteiger partial charge in [0.1, 0.15) is 6.04 Å². The van der Waals surface area contributed by atoms with Crippen LogP contribution in [0.2, 0.25) is 0 Å². The maximum Gasteiger partial charge on any atom is 0.330 e. The molecule has 0 aliphatic carbocycles. The molecule has 0 aromatic carbocycles. The van der Waals surface area contributed by atoms with E-state index < -0.39 is 18.0 Å². The van der Waals surface area contributed by atoms with Gasteiger partial charge in [-0.05, 0) is 12.3 Å². The molecule has 0 aromatic heterocycles. The van der Waals surface area contributed by atoms with Crippen molar-refractivity contribution >= 4 is 12.0 Å². The van der Waals surface area contributed by atoms with E-state index in [9.17, 15) is 9.59 Å². The predicted molar refractivity (Wildman–Crippen MR) is 56.2 cm³/mol. The van der Waals surface area contributed by atoms with Crippen LogP contribution in [0.15, 0.2) is 0 Å². The molecule has 0 saturated heterocycles. The molecule has 0 spiro atoms. The molecule has 0 rings (SSSR count). The Morgan fingerprint density at radius 1 is 1.33 bits per heavy atom. The minimum atomic E-state index is -1.02. The lowest BCUT2D eigenvalue weighted by molar-refractivity contribution is -0.139. The number of hydrogen-bond acceptors (Lipinski definition) is 3. The summed E-state index contributed by atoms with van der Waals surface area (Å²) in [7, 11) is 3.30. The van der Waals surface area contributed by atoms with Gasteiger partial charge in [-0.3, -0.25) is 5.43 Å². The van der Waals surface area contributed by atoms with E-state index in [-0.39, 0.29) is 5.92 Å². The first-order chi connectivity index (χ1) is 6.82. The van der Waals surface area contributed by atoms with E-state index >= 15 is 0 Å². The van der Waals surface area contributed by atoms with Crippen molar-refractivity contribution in [3.63, 3.8) is 0 Å². The third-order valence-corrected chi connectivity index (χ3v) is 1.64. The van der Waals surface area contributed by atoms with Crippen LogP contribution in [0, 0.1) is 5.92 Å². The zero-order valence-corrected chi connectivity index (χ0v) is 9.57. The number of carboxylic acids is 1. The highest BCUT2D eigenvalue weighted by Crippen LogP contribution is 2.04. The minimum absolute atomic E-state index is 0.214. The maximum absolute atomic E-state index is 11.2. The number of carboxylic acid groups (broad SMARTS) is 1. The van der Waals surface area contributed by atoms with E-state index in [1.165, 1.54) is 5.01 Å². The van der Waals surface area contributed by atoms with Crippen LogP contribution in [0.25, 0.3) is 0 Å². The van der Waals surface area contributed by atoms with Gasteiger partial charge in [-0.2, -0.15) is 0 Å². The SMILES string of the molecule is CC(C)CC(NC(=O)NN(C)C)C(=O)O. The molecule has 15 heavy (non-hydrogen) atoms. The topological polar surface area (TPSA) is 81.7 Å². The van der Waals surface area contributed by atoms with Crippen molar-refractivity contribution in [2.24, 2.45) is 5.92 Å². The van der Waals surface area contributed by atoms with Crippen LogP contribution in [0.1, 0.15) is 20.3 Å². The van der Waals surface area contributed by atoms with Gasteiger partial charge < -0.3 is 10.4 Å². The molecule has 1 atom stereocenters. The van der Waals surface area contributed by atoms with Gasteiger partial charge in [0.05, 0.1) is 0 Å². The molecule has 88 valence electrons. The second-order valence-electron chi connectivity index (χ2n) is 4.00. The van der Waals surface area contributed by atoms with Crippen molar-refractivity contribution in [3.8, 4) is 0 Å². The van der Waals surface area contributed by atoms with Crippen molar-refractivity contribution in [2.75, 3.05) is 14.1 Å². The predicted octanol–water partition coefficient (Wildman–Crippen LogP) is 0.262. The molecule has 6 heteroatoms. The molecule has 2 amide bonds. The average molecular weight is 217 g/mol. The fourth-order valence-electron chi connectivity index (χ4n) is 1.09. The first kappa shape index (κ1) is 13.7. The number of nitrogens with zero attached hydrogens (tertiary/aromatic N) is 1. The number of amides is 2. The first-order valence-electron chi connectivity index (χ1n) is 4.80. The maximum atomic E-state index is 11.2. The Morgan fingerprint density at radius 2 is 1.87 bits per heavy atom. The zero-order valence-electron chi connectivity index (χ0n) is 9.57. The molecule has 0 aliphatic rings. The Morgan fingerprint density at radius 3 is 2.20 bits per heavy atom. The number of carbonyl (C=O) groups excluding carboxylic acids is 1. The van der Waals surface area contributed by atoms with E-state index in [1.54, 1.807) is 14.1 Å². The van der Waals surface area contributed by atoms with Gasteiger partial charge >= 0.3 is 12.0 Å². The monoisotopic (exact) mass is 217 g/mol. The Labute approximate surface area is 89.6 Å².